The maximum absolute atomic E-state index is 14.5. The number of ether oxygens (including phenoxy) is 2. The number of fused-ring (bicyclic) bond motifs is 3. The van der Waals surface area contributed by atoms with Gasteiger partial charge >= 0.3 is 22.4 Å². The number of amides is 5. The second-order valence-electron chi connectivity index (χ2n) is 17.6. The first-order valence-corrected chi connectivity index (χ1v) is 22.2. The Morgan fingerprint density at radius 1 is 1.02 bits per heavy atom. The Kier molecular flexibility index (Phi) is 13.4. The number of hydrogen-bond acceptors (Lipinski definition) is 10. The molecule has 0 unspecified atom stereocenters. The molecule has 5 amide bonds. The van der Waals surface area contributed by atoms with Crippen LogP contribution in [0, 0.1) is 5.92 Å². The molecule has 0 spiro atoms. The second kappa shape index (κ2) is 18.0. The first-order valence-electron chi connectivity index (χ1n) is 20.8. The van der Waals surface area contributed by atoms with Crippen LogP contribution in [0.15, 0.2) is 30.4 Å². The van der Waals surface area contributed by atoms with Crippen molar-refractivity contribution in [2.75, 3.05) is 40.3 Å². The van der Waals surface area contributed by atoms with Crippen molar-refractivity contribution in [2.24, 2.45) is 5.92 Å². The highest BCUT2D eigenvalue weighted by Crippen LogP contribution is 2.46. The standard InChI is InChI=1S/C41H61N7O9S/c1-40(2,3)57-38(52)42-33-18-11-8-6-7-10-17-30-24-41(30,37(51)44-58(54,55)45(4)5)43-35(49)34-23-31(26-48(34)36(33)50)56-39(53)47-22-19-28-15-14-16-29(32(28)27-47)25-46-20-12-9-13-21-46/h10,14-17,30-31,33-34H,6-9,11-13,18-27H2,1-5H3,(H,42,52)(H,43,49)(H,44,51)/b17-10-/t30-,31+,33-,34-,41+/m0/s1. The number of likely N-dealkylation sites (tertiary alicyclic amines) is 1. The van der Waals surface area contributed by atoms with Crippen LogP contribution in [0.2, 0.25) is 0 Å². The van der Waals surface area contributed by atoms with E-state index < -0.39 is 75.4 Å². The van der Waals surface area contributed by atoms with E-state index in [1.807, 2.05) is 12.2 Å². The number of alkyl carbamates (subject to hydrolysis) is 1. The van der Waals surface area contributed by atoms with E-state index in [0.717, 1.165) is 42.3 Å². The van der Waals surface area contributed by atoms with Crippen molar-refractivity contribution in [1.29, 1.82) is 0 Å². The molecule has 0 radical (unpaired) electrons. The van der Waals surface area contributed by atoms with Gasteiger partial charge in [-0.15, -0.1) is 0 Å². The largest absolute Gasteiger partial charge is 0.444 e. The quantitative estimate of drug-likeness (QED) is 0.345. The lowest BCUT2D eigenvalue weighted by Crippen LogP contribution is -2.58. The molecule has 1 aromatic rings. The Morgan fingerprint density at radius 3 is 2.48 bits per heavy atom. The molecule has 4 heterocycles. The van der Waals surface area contributed by atoms with E-state index in [-0.39, 0.29) is 25.8 Å². The molecule has 1 aromatic carbocycles. The van der Waals surface area contributed by atoms with Gasteiger partial charge in [-0.1, -0.05) is 49.6 Å². The zero-order chi connectivity index (χ0) is 41.8. The van der Waals surface area contributed by atoms with Crippen LogP contribution < -0.4 is 15.4 Å². The lowest BCUT2D eigenvalue weighted by molar-refractivity contribution is -0.141. The van der Waals surface area contributed by atoms with Gasteiger partial charge in [0.2, 0.25) is 11.8 Å². The molecule has 4 aliphatic heterocycles. The fourth-order valence-electron chi connectivity index (χ4n) is 8.44. The molecule has 320 valence electrons. The number of benzene rings is 1. The van der Waals surface area contributed by atoms with Crippen LogP contribution >= 0.6 is 0 Å². The first-order chi connectivity index (χ1) is 27.5. The van der Waals surface area contributed by atoms with Gasteiger partial charge in [0.15, 0.2) is 0 Å². The highest BCUT2D eigenvalue weighted by Gasteiger charge is 2.62. The summed E-state index contributed by atoms with van der Waals surface area (Å²) in [5.74, 6) is -2.61. The monoisotopic (exact) mass is 827 g/mol. The number of piperidine rings is 1. The molecule has 17 heteroatoms. The summed E-state index contributed by atoms with van der Waals surface area (Å²) in [6.45, 7) is 8.77. The molecule has 0 aromatic heterocycles. The third-order valence-corrected chi connectivity index (χ3v) is 13.2. The van der Waals surface area contributed by atoms with Gasteiger partial charge in [-0.3, -0.25) is 19.3 Å². The van der Waals surface area contributed by atoms with Crippen LogP contribution in [0.5, 0.6) is 0 Å². The van der Waals surface area contributed by atoms with Crippen LogP contribution in [-0.4, -0.2) is 127 Å². The molecule has 5 aliphatic rings. The highest BCUT2D eigenvalue weighted by atomic mass is 32.2. The van der Waals surface area contributed by atoms with Gasteiger partial charge in [-0.2, -0.15) is 12.7 Å². The van der Waals surface area contributed by atoms with E-state index in [9.17, 15) is 32.4 Å². The number of allylic oxidation sites excluding steroid dienone is 1. The van der Waals surface area contributed by atoms with Crippen molar-refractivity contribution in [3.63, 3.8) is 0 Å². The molecule has 1 aliphatic carbocycles. The Labute approximate surface area is 342 Å². The first kappa shape index (κ1) is 43.4. The van der Waals surface area contributed by atoms with Crippen LogP contribution in [0.1, 0.15) is 102 Å². The van der Waals surface area contributed by atoms with E-state index in [1.165, 1.54) is 49.4 Å². The smallest absolute Gasteiger partial charge is 0.410 e. The van der Waals surface area contributed by atoms with Crippen molar-refractivity contribution in [1.82, 2.24) is 34.4 Å². The summed E-state index contributed by atoms with van der Waals surface area (Å²) in [5, 5.41) is 5.54. The Balaban J connectivity index is 1.23. The summed E-state index contributed by atoms with van der Waals surface area (Å²) in [4.78, 5) is 74.9. The number of hydrogen-bond donors (Lipinski definition) is 3. The van der Waals surface area contributed by atoms with Gasteiger partial charge in [0.25, 0.3) is 5.91 Å². The minimum Gasteiger partial charge on any atom is -0.444 e. The van der Waals surface area contributed by atoms with Gasteiger partial charge in [0, 0.05) is 46.1 Å². The Hall–Kier alpha value is -4.22. The highest BCUT2D eigenvalue weighted by molar-refractivity contribution is 7.87. The van der Waals surface area contributed by atoms with Gasteiger partial charge < -0.3 is 29.9 Å². The van der Waals surface area contributed by atoms with Crippen LogP contribution in [0.3, 0.4) is 0 Å². The van der Waals surface area contributed by atoms with E-state index >= 15 is 0 Å². The molecule has 58 heavy (non-hydrogen) atoms. The molecule has 16 nitrogen and oxygen atoms in total. The molecule has 5 atom stereocenters. The molecule has 3 fully saturated rings. The van der Waals surface area contributed by atoms with E-state index in [0.29, 0.717) is 32.4 Å². The SMILES string of the molecule is CN(C)S(=O)(=O)NC(=O)[C@@]12C[C@@H]1/C=C\CCCCC[C@H](NC(=O)OC(C)(C)C)C(=O)N1C[C@H](OC(=O)N3CCc4cccc(CN5CCCCC5)c4C3)C[C@H]1C(=O)N2. The van der Waals surface area contributed by atoms with E-state index in [2.05, 4.69) is 38.5 Å². The Bertz CT molecular complexity index is 1860. The third-order valence-electron chi connectivity index (χ3n) is 11.8. The molecular formula is C41H61N7O9S. The summed E-state index contributed by atoms with van der Waals surface area (Å²) in [7, 11) is -1.61. The number of nitrogens with one attached hydrogen (secondary N) is 3. The van der Waals surface area contributed by atoms with Gasteiger partial charge in [-0.25, -0.2) is 14.3 Å². The molecule has 3 N–H and O–H groups in total. The fraction of sp³-hybridized carbons (Fsp3) is 0.683. The fourth-order valence-corrected chi connectivity index (χ4v) is 9.04. The molecule has 2 saturated heterocycles. The van der Waals surface area contributed by atoms with Gasteiger partial charge in [-0.05, 0) is 95.5 Å². The van der Waals surface area contributed by atoms with Crippen LogP contribution in [0.25, 0.3) is 0 Å². The maximum atomic E-state index is 14.5. The zero-order valence-electron chi connectivity index (χ0n) is 34.6. The molecule has 0 bridgehead atoms. The van der Waals surface area contributed by atoms with E-state index in [1.54, 1.807) is 25.7 Å². The predicted octanol–water partition coefficient (Wildman–Crippen LogP) is 3.35. The maximum Gasteiger partial charge on any atom is 0.410 e. The summed E-state index contributed by atoms with van der Waals surface area (Å²) < 4.78 is 40.0. The second-order valence-corrected chi connectivity index (χ2v) is 19.5. The summed E-state index contributed by atoms with van der Waals surface area (Å²) >= 11 is 0. The third kappa shape index (κ3) is 10.5. The topological polar surface area (TPSA) is 187 Å². The number of carbonyl (C=O) groups excluding carboxylic acids is 5. The van der Waals surface area contributed by atoms with Crippen molar-refractivity contribution in [2.45, 2.75) is 134 Å². The van der Waals surface area contributed by atoms with Crippen LogP contribution in [0.4, 0.5) is 9.59 Å². The van der Waals surface area contributed by atoms with Gasteiger partial charge in [0.05, 0.1) is 6.54 Å². The molecule has 1 saturated carbocycles. The van der Waals surface area contributed by atoms with Gasteiger partial charge in [0.1, 0.15) is 29.3 Å². The minimum absolute atomic E-state index is 0.0681. The molecular weight excluding hydrogens is 767 g/mol. The average molecular weight is 828 g/mol. The lowest BCUT2D eigenvalue weighted by Gasteiger charge is -2.32. The lowest BCUT2D eigenvalue weighted by atomic mass is 9.94. The predicted molar refractivity (Wildman–Crippen MR) is 215 cm³/mol. The Morgan fingerprint density at radius 2 is 1.76 bits per heavy atom. The summed E-state index contributed by atoms with van der Waals surface area (Å²) in [5.41, 5.74) is 1.11. The average Bonchev–Trinajstić information content (AvgIpc) is 3.69. The van der Waals surface area contributed by atoms with Crippen molar-refractivity contribution in [3.05, 3.63) is 47.0 Å². The number of nitrogens with zero attached hydrogens (tertiary/aromatic N) is 4. The number of rotatable bonds is 7. The van der Waals surface area contributed by atoms with Crippen molar-refractivity contribution >= 4 is 40.1 Å². The van der Waals surface area contributed by atoms with Crippen molar-refractivity contribution < 1.29 is 41.9 Å². The van der Waals surface area contributed by atoms with E-state index in [4.69, 9.17) is 9.47 Å². The zero-order valence-corrected chi connectivity index (χ0v) is 35.4. The van der Waals surface area contributed by atoms with Crippen LogP contribution in [-0.2, 0) is 53.6 Å². The minimum atomic E-state index is -4.18. The summed E-state index contributed by atoms with van der Waals surface area (Å²) in [6.07, 6.45) is 8.92. The molecule has 6 rings (SSSR count). The van der Waals surface area contributed by atoms with Crippen molar-refractivity contribution in [3.8, 4) is 0 Å². The normalized spacial score (nSPS) is 27.8. The number of carbonyl (C=O) groups is 5. The summed E-state index contributed by atoms with van der Waals surface area (Å²) in [6, 6.07) is 4.06.